The van der Waals surface area contributed by atoms with Crippen LogP contribution in [0.25, 0.3) is 10.9 Å². The number of para-hydroxylation sites is 1. The lowest BCUT2D eigenvalue weighted by molar-refractivity contribution is 0.397. The van der Waals surface area contributed by atoms with Crippen molar-refractivity contribution in [2.75, 3.05) is 18.8 Å². The Morgan fingerprint density at radius 3 is 2.46 bits per heavy atom. The monoisotopic (exact) mass is 356 g/mol. The van der Waals surface area contributed by atoms with E-state index in [0.29, 0.717) is 0 Å². The zero-order valence-electron chi connectivity index (χ0n) is 13.7. The smallest absolute Gasteiger partial charge is 0.0945 e. The van der Waals surface area contributed by atoms with Crippen LogP contribution < -0.4 is 9.86 Å². The van der Waals surface area contributed by atoms with Gasteiger partial charge in [-0.3, -0.25) is 5.14 Å². The minimum atomic E-state index is 0.829. The Morgan fingerprint density at radius 1 is 1.00 bits per heavy atom. The Balaban J connectivity index is 1.82. The predicted octanol–water partition coefficient (Wildman–Crippen LogP) is 4.38. The fourth-order valence-corrected chi connectivity index (χ4v) is 3.34. The van der Waals surface area contributed by atoms with E-state index in [2.05, 4.69) is 60.1 Å². The summed E-state index contributed by atoms with van der Waals surface area (Å²) in [5.74, 6) is 0. The van der Waals surface area contributed by atoms with Crippen LogP contribution in [-0.2, 0) is 6.54 Å². The summed E-state index contributed by atoms with van der Waals surface area (Å²) < 4.78 is 3.42. The average Bonchev–Trinajstić information content (AvgIpc) is 2.60. The first-order valence-corrected chi connectivity index (χ1v) is 9.28. The van der Waals surface area contributed by atoms with Gasteiger partial charge in [0.05, 0.1) is 16.9 Å². The van der Waals surface area contributed by atoms with E-state index >= 15 is 0 Å². The lowest BCUT2D eigenvalue weighted by Crippen LogP contribution is -2.11. The Bertz CT molecular complexity index is 819. The van der Waals surface area contributed by atoms with Crippen LogP contribution in [-0.4, -0.2) is 24.0 Å². The molecule has 1 heterocycles. The highest BCUT2D eigenvalue weighted by Crippen LogP contribution is 2.28. The first-order valence-electron chi connectivity index (χ1n) is 7.59. The maximum atomic E-state index is 5.56. The molecule has 0 aliphatic carbocycles. The Kier molecular flexibility index (Phi) is 5.63. The molecule has 0 spiro atoms. The van der Waals surface area contributed by atoms with Crippen molar-refractivity contribution in [2.45, 2.75) is 16.3 Å². The molecule has 0 saturated heterocycles. The predicted molar refractivity (Wildman–Crippen MR) is 105 cm³/mol. The average molecular weight is 357 g/mol. The number of rotatable bonds is 6. The molecular formula is C18H20N4S2. The Hall–Kier alpha value is -1.73. The van der Waals surface area contributed by atoms with E-state index in [4.69, 9.17) is 10.1 Å². The van der Waals surface area contributed by atoms with Crippen molar-refractivity contribution >= 4 is 40.5 Å². The highest BCUT2D eigenvalue weighted by atomic mass is 32.2. The van der Waals surface area contributed by atoms with E-state index in [0.717, 1.165) is 38.6 Å². The van der Waals surface area contributed by atoms with Crippen LogP contribution in [0.4, 0.5) is 5.69 Å². The molecule has 0 atom stereocenters. The summed E-state index contributed by atoms with van der Waals surface area (Å²) in [6, 6.07) is 18.6. The number of benzene rings is 2. The minimum absolute atomic E-state index is 0.829. The van der Waals surface area contributed by atoms with Gasteiger partial charge < -0.3 is 9.62 Å². The van der Waals surface area contributed by atoms with Gasteiger partial charge in [0.2, 0.25) is 0 Å². The summed E-state index contributed by atoms with van der Waals surface area (Å²) >= 11 is 2.83. The number of nitrogens with one attached hydrogen (secondary N) is 1. The normalized spacial score (nSPS) is 11.2. The van der Waals surface area contributed by atoms with Gasteiger partial charge in [-0.25, -0.2) is 4.98 Å². The molecular weight excluding hydrogens is 336 g/mol. The van der Waals surface area contributed by atoms with Crippen molar-refractivity contribution in [2.24, 2.45) is 5.14 Å². The topological polar surface area (TPSA) is 54.2 Å². The molecule has 124 valence electrons. The summed E-state index contributed by atoms with van der Waals surface area (Å²) in [6.07, 6.45) is 0. The lowest BCUT2D eigenvalue weighted by atomic mass is 10.2. The summed E-state index contributed by atoms with van der Waals surface area (Å²) in [5.41, 5.74) is 3.09. The van der Waals surface area contributed by atoms with Gasteiger partial charge in [0.25, 0.3) is 0 Å². The maximum absolute atomic E-state index is 5.56. The van der Waals surface area contributed by atoms with Crippen LogP contribution in [0, 0.1) is 0 Å². The van der Waals surface area contributed by atoms with Crippen molar-refractivity contribution in [3.05, 3.63) is 60.3 Å². The van der Waals surface area contributed by atoms with E-state index in [1.54, 1.807) is 11.9 Å². The number of fused-ring (bicyclic) bond motifs is 1. The maximum Gasteiger partial charge on any atom is 0.0945 e. The van der Waals surface area contributed by atoms with E-state index < -0.39 is 0 Å². The zero-order chi connectivity index (χ0) is 16.9. The minimum Gasteiger partial charge on any atom is -0.324 e. The molecule has 0 aliphatic heterocycles. The molecule has 0 bridgehead atoms. The molecule has 6 heteroatoms. The van der Waals surface area contributed by atoms with Crippen molar-refractivity contribution in [1.29, 1.82) is 0 Å². The number of aromatic nitrogens is 1. The number of nitrogens with zero attached hydrogens (tertiary/aromatic N) is 2. The Morgan fingerprint density at radius 2 is 1.75 bits per heavy atom. The molecule has 0 aliphatic rings. The Labute approximate surface area is 151 Å². The molecule has 4 nitrogen and oxygen atoms in total. The van der Waals surface area contributed by atoms with E-state index in [1.807, 2.05) is 18.2 Å². The van der Waals surface area contributed by atoms with Crippen LogP contribution in [0.15, 0.2) is 64.4 Å². The number of pyridine rings is 1. The molecule has 0 amide bonds. The molecule has 3 rings (SSSR count). The standard InChI is InChI=1S/C18H20N4S2/c1-22(2)12-14-7-6-13-4-3-5-17(18(13)20-14)21-24-16-10-8-15(23-19)9-11-16/h3-11,21H,12,19H2,1-2H3. The van der Waals surface area contributed by atoms with Crippen LogP contribution in [0.2, 0.25) is 0 Å². The van der Waals surface area contributed by atoms with Crippen molar-refractivity contribution in [3.8, 4) is 0 Å². The zero-order valence-corrected chi connectivity index (χ0v) is 15.3. The van der Waals surface area contributed by atoms with Gasteiger partial charge >= 0.3 is 0 Å². The van der Waals surface area contributed by atoms with E-state index in [1.165, 1.54) is 11.9 Å². The van der Waals surface area contributed by atoms with Crippen LogP contribution in [0.5, 0.6) is 0 Å². The molecule has 3 aromatic rings. The van der Waals surface area contributed by atoms with Crippen molar-refractivity contribution in [3.63, 3.8) is 0 Å². The molecule has 2 aromatic carbocycles. The quantitative estimate of drug-likeness (QED) is 0.639. The molecule has 3 N–H and O–H groups in total. The third-order valence-corrected chi connectivity index (χ3v) is 4.87. The number of hydrogen-bond acceptors (Lipinski definition) is 6. The van der Waals surface area contributed by atoms with Crippen LogP contribution in [0.1, 0.15) is 5.69 Å². The summed E-state index contributed by atoms with van der Waals surface area (Å²) in [5, 5.41) is 6.70. The first kappa shape index (κ1) is 17.1. The summed E-state index contributed by atoms with van der Waals surface area (Å²) in [7, 11) is 4.10. The molecule has 0 saturated carbocycles. The second-order valence-electron chi connectivity index (χ2n) is 5.71. The second kappa shape index (κ2) is 7.90. The van der Waals surface area contributed by atoms with E-state index in [-0.39, 0.29) is 0 Å². The highest BCUT2D eigenvalue weighted by molar-refractivity contribution is 8.00. The number of anilines is 1. The molecule has 0 fully saturated rings. The van der Waals surface area contributed by atoms with Crippen molar-refractivity contribution in [1.82, 2.24) is 9.88 Å². The molecule has 1 aromatic heterocycles. The fraction of sp³-hybridized carbons (Fsp3) is 0.167. The SMILES string of the molecule is CN(C)Cc1ccc2cccc(NSc3ccc(SN)cc3)c2n1. The highest BCUT2D eigenvalue weighted by Gasteiger charge is 2.05. The second-order valence-corrected chi connectivity index (χ2v) is 7.30. The molecule has 24 heavy (non-hydrogen) atoms. The van der Waals surface area contributed by atoms with Gasteiger partial charge in [-0.2, -0.15) is 0 Å². The molecule has 0 unspecified atom stereocenters. The largest absolute Gasteiger partial charge is 0.324 e. The first-order chi connectivity index (χ1) is 11.7. The lowest BCUT2D eigenvalue weighted by Gasteiger charge is -2.12. The van der Waals surface area contributed by atoms with E-state index in [9.17, 15) is 0 Å². The molecule has 0 radical (unpaired) electrons. The fourth-order valence-electron chi connectivity index (χ4n) is 2.38. The third-order valence-electron chi connectivity index (χ3n) is 3.49. The van der Waals surface area contributed by atoms with Gasteiger partial charge in [-0.05, 0) is 74.4 Å². The van der Waals surface area contributed by atoms with Gasteiger partial charge in [-0.15, -0.1) is 0 Å². The van der Waals surface area contributed by atoms with Crippen LogP contribution >= 0.6 is 23.9 Å². The third kappa shape index (κ3) is 4.21. The van der Waals surface area contributed by atoms with Gasteiger partial charge in [0, 0.05) is 21.7 Å². The number of nitrogens with two attached hydrogens (primary N) is 1. The van der Waals surface area contributed by atoms with Gasteiger partial charge in [0.15, 0.2) is 0 Å². The summed E-state index contributed by atoms with van der Waals surface area (Å²) in [4.78, 5) is 9.13. The number of hydrogen-bond donors (Lipinski definition) is 2. The van der Waals surface area contributed by atoms with Gasteiger partial charge in [0.1, 0.15) is 0 Å². The van der Waals surface area contributed by atoms with Crippen LogP contribution in [0.3, 0.4) is 0 Å². The van der Waals surface area contributed by atoms with Gasteiger partial charge in [-0.1, -0.05) is 18.2 Å². The van der Waals surface area contributed by atoms with Crippen molar-refractivity contribution < 1.29 is 0 Å². The summed E-state index contributed by atoms with van der Waals surface area (Å²) in [6.45, 7) is 0.829.